The lowest BCUT2D eigenvalue weighted by Gasteiger charge is -2.26. The van der Waals surface area contributed by atoms with Crippen LogP contribution in [0.4, 0.5) is 4.79 Å². The molecule has 2 fully saturated rings. The number of benzene rings is 2. The normalized spacial score (nSPS) is 25.6. The topological polar surface area (TPSA) is 105 Å². The number of nitrogens with one attached hydrogen (secondary N) is 1. The summed E-state index contributed by atoms with van der Waals surface area (Å²) >= 11 is 0. The first-order chi connectivity index (χ1) is 16.4. The van der Waals surface area contributed by atoms with Gasteiger partial charge in [-0.2, -0.15) is 0 Å². The number of hydrogen-bond donors (Lipinski definition) is 2. The number of ether oxygens (including phenoxy) is 2. The van der Waals surface area contributed by atoms with Gasteiger partial charge in [-0.05, 0) is 42.0 Å². The van der Waals surface area contributed by atoms with Crippen LogP contribution in [0.1, 0.15) is 36.8 Å². The van der Waals surface area contributed by atoms with Gasteiger partial charge in [0.25, 0.3) is 5.91 Å². The number of likely N-dealkylation sites (tertiary alicyclic amines) is 1. The molecule has 3 aliphatic rings. The van der Waals surface area contributed by atoms with E-state index in [0.717, 1.165) is 22.3 Å². The van der Waals surface area contributed by atoms with E-state index in [1.54, 1.807) is 6.92 Å². The minimum absolute atomic E-state index is 0.0475. The van der Waals surface area contributed by atoms with Crippen LogP contribution in [0.15, 0.2) is 48.5 Å². The average Bonchev–Trinajstić information content (AvgIpc) is 3.54. The summed E-state index contributed by atoms with van der Waals surface area (Å²) in [6.07, 6.45) is -0.542. The lowest BCUT2D eigenvalue weighted by atomic mass is 9.90. The number of aliphatic carboxylic acids is 1. The second-order valence-corrected chi connectivity index (χ2v) is 9.53. The van der Waals surface area contributed by atoms with Crippen LogP contribution in [0.3, 0.4) is 0 Å². The van der Waals surface area contributed by atoms with Gasteiger partial charge in [0.05, 0.1) is 11.5 Å². The molecule has 0 spiro atoms. The van der Waals surface area contributed by atoms with Crippen LogP contribution in [0, 0.1) is 5.41 Å². The lowest BCUT2D eigenvalue weighted by molar-refractivity contribution is -0.148. The summed E-state index contributed by atoms with van der Waals surface area (Å²) < 4.78 is 11.2. The number of hydrogen-bond acceptors (Lipinski definition) is 5. The number of nitrogens with zero attached hydrogens (tertiary/aromatic N) is 1. The number of fused-ring (bicyclic) bond motifs is 3. The van der Waals surface area contributed by atoms with E-state index in [4.69, 9.17) is 9.47 Å². The first kappa shape index (κ1) is 22.4. The average molecular weight is 465 g/mol. The molecule has 0 radical (unpaired) electrons. The second kappa shape index (κ2) is 8.76. The summed E-state index contributed by atoms with van der Waals surface area (Å²) in [4.78, 5) is 38.7. The Kier molecular flexibility index (Phi) is 5.77. The first-order valence-corrected chi connectivity index (χ1v) is 11.6. The van der Waals surface area contributed by atoms with Gasteiger partial charge in [-0.3, -0.25) is 9.59 Å². The van der Waals surface area contributed by atoms with Gasteiger partial charge < -0.3 is 24.8 Å². The van der Waals surface area contributed by atoms with Crippen molar-refractivity contribution in [2.24, 2.45) is 5.41 Å². The Hall–Kier alpha value is -3.39. The van der Waals surface area contributed by atoms with Gasteiger partial charge in [0, 0.05) is 25.6 Å². The molecule has 5 rings (SSSR count). The van der Waals surface area contributed by atoms with E-state index in [2.05, 4.69) is 29.6 Å². The van der Waals surface area contributed by atoms with Crippen molar-refractivity contribution in [3.8, 4) is 11.1 Å². The van der Waals surface area contributed by atoms with Crippen LogP contribution in [0.2, 0.25) is 0 Å². The van der Waals surface area contributed by atoms with Crippen molar-refractivity contribution < 1.29 is 29.0 Å². The van der Waals surface area contributed by atoms with Gasteiger partial charge in [-0.1, -0.05) is 48.5 Å². The molecule has 0 bridgehead atoms. The Morgan fingerprint density at radius 1 is 1.12 bits per heavy atom. The zero-order valence-electron chi connectivity index (χ0n) is 19.0. The maximum absolute atomic E-state index is 13.0. The smallest absolute Gasteiger partial charge is 0.407 e. The van der Waals surface area contributed by atoms with Crippen molar-refractivity contribution in [2.75, 3.05) is 26.3 Å². The Bertz CT molecular complexity index is 1090. The number of alkyl carbamates (subject to hydrolysis) is 1. The molecule has 34 heavy (non-hydrogen) atoms. The molecule has 2 aromatic carbocycles. The standard InChI is InChI=1S/C26H28N2O6/c1-26(24(30)31)11-12-28(15-26)23(29)22-21(10-13-33-22)27-25(32)34-14-20-18-8-4-2-6-16(18)17-7-3-5-9-19(17)20/h2-9,20-22H,10-15H2,1H3,(H,27,32)(H,30,31). The predicted octanol–water partition coefficient (Wildman–Crippen LogP) is 3.01. The van der Waals surface area contributed by atoms with Crippen LogP contribution in [0.25, 0.3) is 11.1 Å². The van der Waals surface area contributed by atoms with Crippen LogP contribution >= 0.6 is 0 Å². The third kappa shape index (κ3) is 3.92. The van der Waals surface area contributed by atoms with Gasteiger partial charge in [0.15, 0.2) is 6.10 Å². The molecule has 2 N–H and O–H groups in total. The molecule has 0 aromatic heterocycles. The molecule has 0 saturated carbocycles. The molecule has 2 amide bonds. The van der Waals surface area contributed by atoms with Crippen molar-refractivity contribution in [2.45, 2.75) is 37.8 Å². The van der Waals surface area contributed by atoms with Crippen molar-refractivity contribution in [1.82, 2.24) is 10.2 Å². The Morgan fingerprint density at radius 3 is 2.38 bits per heavy atom. The fourth-order valence-electron chi connectivity index (χ4n) is 5.28. The van der Waals surface area contributed by atoms with Crippen LogP contribution < -0.4 is 5.32 Å². The molecule has 8 heteroatoms. The van der Waals surface area contributed by atoms with Crippen LogP contribution in [0.5, 0.6) is 0 Å². The fourth-order valence-corrected chi connectivity index (χ4v) is 5.28. The van der Waals surface area contributed by atoms with Crippen molar-refractivity contribution in [3.63, 3.8) is 0 Å². The van der Waals surface area contributed by atoms with E-state index in [-0.39, 0.29) is 25.0 Å². The van der Waals surface area contributed by atoms with E-state index in [0.29, 0.717) is 26.0 Å². The molecule has 2 aromatic rings. The highest BCUT2D eigenvalue weighted by atomic mass is 16.6. The molecule has 3 unspecified atom stereocenters. The van der Waals surface area contributed by atoms with Crippen LogP contribution in [-0.2, 0) is 19.1 Å². The highest BCUT2D eigenvalue weighted by molar-refractivity contribution is 5.85. The van der Waals surface area contributed by atoms with E-state index in [9.17, 15) is 19.5 Å². The number of amides is 2. The molecule has 3 atom stereocenters. The summed E-state index contributed by atoms with van der Waals surface area (Å²) in [5, 5.41) is 12.2. The lowest BCUT2D eigenvalue weighted by Crippen LogP contribution is -2.49. The first-order valence-electron chi connectivity index (χ1n) is 11.6. The SMILES string of the molecule is CC1(C(=O)O)CCN(C(=O)C2OCCC2NC(=O)OCC2c3ccccc3-c3ccccc32)C1. The summed E-state index contributed by atoms with van der Waals surface area (Å²) in [6, 6.07) is 15.7. The minimum atomic E-state index is -0.954. The molecule has 2 aliphatic heterocycles. The summed E-state index contributed by atoms with van der Waals surface area (Å²) in [5.74, 6) is -1.25. The highest BCUT2D eigenvalue weighted by Gasteiger charge is 2.46. The summed E-state index contributed by atoms with van der Waals surface area (Å²) in [5.41, 5.74) is 3.61. The molecule has 8 nitrogen and oxygen atoms in total. The van der Waals surface area contributed by atoms with Gasteiger partial charge in [-0.15, -0.1) is 0 Å². The number of carboxylic acid groups (broad SMARTS) is 1. The molecule has 178 valence electrons. The predicted molar refractivity (Wildman–Crippen MR) is 123 cm³/mol. The zero-order chi connectivity index (χ0) is 23.9. The monoisotopic (exact) mass is 464 g/mol. The zero-order valence-corrected chi connectivity index (χ0v) is 19.0. The molecule has 2 saturated heterocycles. The van der Waals surface area contributed by atoms with Crippen LogP contribution in [-0.4, -0.2) is 66.4 Å². The Labute approximate surface area is 197 Å². The number of rotatable bonds is 5. The largest absolute Gasteiger partial charge is 0.481 e. The van der Waals surface area contributed by atoms with E-state index in [1.807, 2.05) is 24.3 Å². The molecule has 2 heterocycles. The minimum Gasteiger partial charge on any atom is -0.481 e. The molecule has 1 aliphatic carbocycles. The van der Waals surface area contributed by atoms with Crippen molar-refractivity contribution in [1.29, 1.82) is 0 Å². The van der Waals surface area contributed by atoms with E-state index >= 15 is 0 Å². The molecular formula is C26H28N2O6. The van der Waals surface area contributed by atoms with Crippen molar-refractivity contribution in [3.05, 3.63) is 59.7 Å². The third-order valence-corrected chi connectivity index (χ3v) is 7.28. The second-order valence-electron chi connectivity index (χ2n) is 9.53. The van der Waals surface area contributed by atoms with E-state index < -0.39 is 29.6 Å². The number of carbonyl (C=O) groups excluding carboxylic acids is 2. The quantitative estimate of drug-likeness (QED) is 0.705. The molecular weight excluding hydrogens is 436 g/mol. The Morgan fingerprint density at radius 2 is 1.76 bits per heavy atom. The van der Waals surface area contributed by atoms with Gasteiger partial charge >= 0.3 is 12.1 Å². The summed E-state index contributed by atoms with van der Waals surface area (Å²) in [7, 11) is 0. The highest BCUT2D eigenvalue weighted by Crippen LogP contribution is 2.44. The Balaban J connectivity index is 1.21. The number of carbonyl (C=O) groups is 3. The maximum Gasteiger partial charge on any atom is 0.407 e. The fraction of sp³-hybridized carbons (Fsp3) is 0.423. The van der Waals surface area contributed by atoms with Crippen molar-refractivity contribution >= 4 is 18.0 Å². The third-order valence-electron chi connectivity index (χ3n) is 7.28. The van der Waals surface area contributed by atoms with E-state index in [1.165, 1.54) is 4.90 Å². The van der Waals surface area contributed by atoms with Gasteiger partial charge in [-0.25, -0.2) is 4.79 Å². The van der Waals surface area contributed by atoms with Gasteiger partial charge in [0.2, 0.25) is 0 Å². The summed E-state index contributed by atoms with van der Waals surface area (Å²) in [6.45, 7) is 2.67. The number of carboxylic acids is 1. The maximum atomic E-state index is 13.0. The van der Waals surface area contributed by atoms with Gasteiger partial charge in [0.1, 0.15) is 6.61 Å².